The van der Waals surface area contributed by atoms with Gasteiger partial charge in [0.05, 0.1) is 42.1 Å². The minimum absolute atomic E-state index is 0.0837. The lowest BCUT2D eigenvalue weighted by Crippen LogP contribution is -2.41. The van der Waals surface area contributed by atoms with Crippen molar-refractivity contribution in [3.05, 3.63) is 58.9 Å². The molecule has 3 aromatic rings. The molecule has 10 nitrogen and oxygen atoms in total. The van der Waals surface area contributed by atoms with Crippen LogP contribution < -0.4 is 24.0 Å². The molecule has 0 aliphatic rings. The number of sulfonamides is 1. The Morgan fingerprint density at radius 3 is 2.36 bits per heavy atom. The fraction of sp³-hybridized carbons (Fsp3) is 0.333. The second kappa shape index (κ2) is 11.1. The van der Waals surface area contributed by atoms with Gasteiger partial charge in [-0.1, -0.05) is 11.6 Å². The molecule has 0 bridgehead atoms. The van der Waals surface area contributed by atoms with Gasteiger partial charge in [-0.2, -0.15) is 5.10 Å². The van der Waals surface area contributed by atoms with E-state index in [2.05, 4.69) is 10.4 Å². The van der Waals surface area contributed by atoms with Gasteiger partial charge in [0.2, 0.25) is 5.91 Å². The third-order valence-corrected chi connectivity index (χ3v) is 7.65. The van der Waals surface area contributed by atoms with Crippen molar-refractivity contribution in [3.8, 4) is 11.5 Å². The first-order valence-electron chi connectivity index (χ1n) is 11.0. The Hall–Kier alpha value is -3.44. The van der Waals surface area contributed by atoms with Crippen molar-refractivity contribution >= 4 is 38.9 Å². The highest BCUT2D eigenvalue weighted by atomic mass is 35.5. The fourth-order valence-electron chi connectivity index (χ4n) is 3.47. The summed E-state index contributed by atoms with van der Waals surface area (Å²) in [7, 11) is 4.07. The van der Waals surface area contributed by atoms with Crippen molar-refractivity contribution < 1.29 is 22.7 Å². The molecule has 0 aliphatic carbocycles. The van der Waals surface area contributed by atoms with Crippen molar-refractivity contribution in [1.82, 2.24) is 15.1 Å². The highest BCUT2D eigenvalue weighted by Gasteiger charge is 2.30. The van der Waals surface area contributed by atoms with E-state index in [1.165, 1.54) is 32.4 Å². The SMILES string of the molecule is COc1ccc(S(=O)(=O)N(CC(=O)NCc2cc(C)n(C)n2)c2cc(N(C)C)ccc2Cl)cc1OC. The van der Waals surface area contributed by atoms with Crippen LogP contribution in [0.5, 0.6) is 11.5 Å². The van der Waals surface area contributed by atoms with Crippen LogP contribution in [0.2, 0.25) is 5.02 Å². The molecule has 0 atom stereocenters. The monoisotopic (exact) mass is 535 g/mol. The Bertz CT molecular complexity index is 1340. The molecule has 0 fully saturated rings. The average Bonchev–Trinajstić information content (AvgIpc) is 3.17. The average molecular weight is 536 g/mol. The highest BCUT2D eigenvalue weighted by molar-refractivity contribution is 7.92. The van der Waals surface area contributed by atoms with Gasteiger partial charge in [-0.25, -0.2) is 8.42 Å². The summed E-state index contributed by atoms with van der Waals surface area (Å²) in [6.07, 6.45) is 0. The van der Waals surface area contributed by atoms with Crippen LogP contribution in [0.4, 0.5) is 11.4 Å². The third-order valence-electron chi connectivity index (χ3n) is 5.58. The topological polar surface area (TPSA) is 106 Å². The normalized spacial score (nSPS) is 11.2. The van der Waals surface area contributed by atoms with E-state index in [1.807, 2.05) is 32.0 Å². The fourth-order valence-corrected chi connectivity index (χ4v) is 5.19. The number of benzene rings is 2. The van der Waals surface area contributed by atoms with Gasteiger partial charge in [-0.3, -0.25) is 13.8 Å². The lowest BCUT2D eigenvalue weighted by Gasteiger charge is -2.26. The largest absolute Gasteiger partial charge is 0.493 e. The van der Waals surface area contributed by atoms with Gasteiger partial charge < -0.3 is 19.7 Å². The van der Waals surface area contributed by atoms with Crippen LogP contribution in [0, 0.1) is 6.92 Å². The van der Waals surface area contributed by atoms with E-state index in [0.717, 1.165) is 10.00 Å². The van der Waals surface area contributed by atoms with E-state index in [1.54, 1.807) is 29.9 Å². The Balaban J connectivity index is 2.01. The molecule has 36 heavy (non-hydrogen) atoms. The number of rotatable bonds is 10. The number of aryl methyl sites for hydroxylation is 2. The van der Waals surface area contributed by atoms with Crippen molar-refractivity contribution in [2.75, 3.05) is 44.1 Å². The first-order chi connectivity index (χ1) is 17.0. The summed E-state index contributed by atoms with van der Waals surface area (Å²) >= 11 is 6.46. The molecule has 3 rings (SSSR count). The Kier molecular flexibility index (Phi) is 8.36. The van der Waals surface area contributed by atoms with E-state index in [4.69, 9.17) is 21.1 Å². The molecule has 0 saturated carbocycles. The number of ether oxygens (including phenoxy) is 2. The van der Waals surface area contributed by atoms with Crippen molar-refractivity contribution in [1.29, 1.82) is 0 Å². The molecular weight excluding hydrogens is 506 g/mol. The lowest BCUT2D eigenvalue weighted by atomic mass is 10.2. The Morgan fingerprint density at radius 2 is 1.78 bits per heavy atom. The number of nitrogens with zero attached hydrogens (tertiary/aromatic N) is 4. The third kappa shape index (κ3) is 5.85. The summed E-state index contributed by atoms with van der Waals surface area (Å²) in [5, 5.41) is 7.23. The molecule has 1 N–H and O–H groups in total. The number of methoxy groups -OCH3 is 2. The zero-order chi connectivity index (χ0) is 26.6. The van der Waals surface area contributed by atoms with Gasteiger partial charge in [-0.05, 0) is 43.3 Å². The number of carbonyl (C=O) groups excluding carboxylic acids is 1. The first kappa shape index (κ1) is 27.2. The van der Waals surface area contributed by atoms with Crippen LogP contribution in [0.3, 0.4) is 0 Å². The van der Waals surface area contributed by atoms with Crippen LogP contribution in [0.15, 0.2) is 47.4 Å². The summed E-state index contributed by atoms with van der Waals surface area (Å²) in [6.45, 7) is 1.55. The summed E-state index contributed by atoms with van der Waals surface area (Å²) in [5.41, 5.74) is 2.47. The Morgan fingerprint density at radius 1 is 1.08 bits per heavy atom. The van der Waals surface area contributed by atoms with Crippen molar-refractivity contribution in [2.45, 2.75) is 18.4 Å². The number of hydrogen-bond donors (Lipinski definition) is 1. The maximum Gasteiger partial charge on any atom is 0.264 e. The minimum Gasteiger partial charge on any atom is -0.493 e. The van der Waals surface area contributed by atoms with E-state index >= 15 is 0 Å². The lowest BCUT2D eigenvalue weighted by molar-refractivity contribution is -0.119. The summed E-state index contributed by atoms with van der Waals surface area (Å²) in [4.78, 5) is 14.7. The number of amides is 1. The summed E-state index contributed by atoms with van der Waals surface area (Å²) < 4.78 is 40.9. The highest BCUT2D eigenvalue weighted by Crippen LogP contribution is 2.36. The van der Waals surface area contributed by atoms with Gasteiger partial charge in [0.1, 0.15) is 6.54 Å². The van der Waals surface area contributed by atoms with E-state index in [9.17, 15) is 13.2 Å². The molecule has 1 aromatic heterocycles. The number of hydrogen-bond acceptors (Lipinski definition) is 7. The van der Waals surface area contributed by atoms with E-state index in [-0.39, 0.29) is 27.9 Å². The molecule has 12 heteroatoms. The second-order valence-corrected chi connectivity index (χ2v) is 10.5. The standard InChI is InChI=1S/C24H30ClN5O5S/c1-16-11-17(27-29(16)4)14-26-24(31)15-30(21-12-18(28(2)3)7-9-20(21)25)36(32,33)19-8-10-22(34-5)23(13-19)35-6/h7-13H,14-15H2,1-6H3,(H,26,31). The number of aromatic nitrogens is 2. The van der Waals surface area contributed by atoms with Crippen LogP contribution in [0.25, 0.3) is 0 Å². The smallest absolute Gasteiger partial charge is 0.264 e. The zero-order valence-corrected chi connectivity index (χ0v) is 22.6. The maximum absolute atomic E-state index is 13.9. The molecule has 0 spiro atoms. The van der Waals surface area contributed by atoms with Crippen molar-refractivity contribution in [3.63, 3.8) is 0 Å². The molecule has 1 heterocycles. The predicted octanol–water partition coefficient (Wildman–Crippen LogP) is 2.98. The molecular formula is C24H30ClN5O5S. The van der Waals surface area contributed by atoms with Gasteiger partial charge in [0.25, 0.3) is 10.0 Å². The van der Waals surface area contributed by atoms with Gasteiger partial charge in [-0.15, -0.1) is 0 Å². The summed E-state index contributed by atoms with van der Waals surface area (Å²) in [6, 6.07) is 11.0. The number of carbonyl (C=O) groups is 1. The van der Waals surface area contributed by atoms with E-state index in [0.29, 0.717) is 17.1 Å². The number of anilines is 2. The van der Waals surface area contributed by atoms with Gasteiger partial charge in [0, 0.05) is 38.6 Å². The molecule has 2 aromatic carbocycles. The van der Waals surface area contributed by atoms with Crippen LogP contribution in [-0.2, 0) is 28.4 Å². The summed E-state index contributed by atoms with van der Waals surface area (Å²) in [5.74, 6) is 0.0920. The molecule has 0 radical (unpaired) electrons. The van der Waals surface area contributed by atoms with Crippen LogP contribution in [0.1, 0.15) is 11.4 Å². The molecule has 0 unspecified atom stereocenters. The predicted molar refractivity (Wildman–Crippen MR) is 140 cm³/mol. The zero-order valence-electron chi connectivity index (χ0n) is 21.1. The molecule has 0 saturated heterocycles. The molecule has 0 aliphatic heterocycles. The Labute approximate surface area is 216 Å². The molecule has 194 valence electrons. The minimum atomic E-state index is -4.24. The number of nitrogens with one attached hydrogen (secondary N) is 1. The van der Waals surface area contributed by atoms with Gasteiger partial charge >= 0.3 is 0 Å². The maximum atomic E-state index is 13.9. The molecule has 1 amide bonds. The van der Waals surface area contributed by atoms with Crippen molar-refractivity contribution in [2.24, 2.45) is 7.05 Å². The van der Waals surface area contributed by atoms with Crippen LogP contribution >= 0.6 is 11.6 Å². The quantitative estimate of drug-likeness (QED) is 0.425. The first-order valence-corrected chi connectivity index (χ1v) is 12.8. The van der Waals surface area contributed by atoms with Crippen LogP contribution in [-0.4, -0.2) is 59.0 Å². The second-order valence-electron chi connectivity index (χ2n) is 8.24. The van der Waals surface area contributed by atoms with E-state index < -0.39 is 22.5 Å². The number of halogens is 1. The van der Waals surface area contributed by atoms with Gasteiger partial charge in [0.15, 0.2) is 11.5 Å².